The van der Waals surface area contributed by atoms with E-state index in [1.54, 1.807) is 10.9 Å². The Labute approximate surface area is 104 Å². The van der Waals surface area contributed by atoms with Gasteiger partial charge in [-0.1, -0.05) is 20.8 Å². The minimum absolute atomic E-state index is 0.127. The molecule has 4 heteroatoms. The summed E-state index contributed by atoms with van der Waals surface area (Å²) in [6.45, 7) is 6.56. The van der Waals surface area contributed by atoms with Crippen LogP contribution in [-0.4, -0.2) is 14.8 Å². The SMILES string of the molecule is CC(C)(C)c1ccnc(-n2cc(Br)cn2)c1. The first-order valence-corrected chi connectivity index (χ1v) is 5.93. The molecule has 0 spiro atoms. The number of aromatic nitrogens is 3. The van der Waals surface area contributed by atoms with Crippen LogP contribution in [-0.2, 0) is 5.41 Å². The van der Waals surface area contributed by atoms with Crippen molar-refractivity contribution in [3.05, 3.63) is 40.8 Å². The average molecular weight is 280 g/mol. The van der Waals surface area contributed by atoms with E-state index in [0.29, 0.717) is 0 Å². The summed E-state index contributed by atoms with van der Waals surface area (Å²) in [5, 5.41) is 4.22. The molecule has 0 aromatic carbocycles. The van der Waals surface area contributed by atoms with Crippen LogP contribution in [0.1, 0.15) is 26.3 Å². The van der Waals surface area contributed by atoms with Crippen molar-refractivity contribution in [3.8, 4) is 5.82 Å². The second-order valence-corrected chi connectivity index (χ2v) is 5.67. The summed E-state index contributed by atoms with van der Waals surface area (Å²) in [5.41, 5.74) is 1.38. The van der Waals surface area contributed by atoms with E-state index in [2.05, 4.69) is 52.9 Å². The second kappa shape index (κ2) is 4.01. The number of pyridine rings is 1. The fraction of sp³-hybridized carbons (Fsp3) is 0.333. The summed E-state index contributed by atoms with van der Waals surface area (Å²) in [4.78, 5) is 4.32. The molecule has 0 fully saturated rings. The van der Waals surface area contributed by atoms with Crippen LogP contribution >= 0.6 is 15.9 Å². The van der Waals surface area contributed by atoms with Gasteiger partial charge in [0.05, 0.1) is 10.7 Å². The highest BCUT2D eigenvalue weighted by Crippen LogP contribution is 2.23. The maximum absolute atomic E-state index is 4.32. The number of nitrogens with zero attached hydrogens (tertiary/aromatic N) is 3. The Morgan fingerprint density at radius 1 is 1.31 bits per heavy atom. The van der Waals surface area contributed by atoms with E-state index in [1.165, 1.54) is 5.56 Å². The number of rotatable bonds is 1. The molecule has 0 radical (unpaired) electrons. The third kappa shape index (κ3) is 2.32. The lowest BCUT2D eigenvalue weighted by atomic mass is 9.88. The van der Waals surface area contributed by atoms with Gasteiger partial charge in [-0.2, -0.15) is 5.10 Å². The molecule has 0 saturated heterocycles. The van der Waals surface area contributed by atoms with E-state index in [9.17, 15) is 0 Å². The lowest BCUT2D eigenvalue weighted by Crippen LogP contribution is -2.12. The summed E-state index contributed by atoms with van der Waals surface area (Å²) < 4.78 is 2.72. The summed E-state index contributed by atoms with van der Waals surface area (Å²) in [7, 11) is 0. The molecule has 0 saturated carbocycles. The third-order valence-electron chi connectivity index (χ3n) is 2.40. The van der Waals surface area contributed by atoms with Crippen molar-refractivity contribution in [1.29, 1.82) is 0 Å². The molecule has 0 unspecified atom stereocenters. The molecule has 0 aliphatic rings. The van der Waals surface area contributed by atoms with Crippen LogP contribution in [0.2, 0.25) is 0 Å². The molecule has 16 heavy (non-hydrogen) atoms. The zero-order valence-electron chi connectivity index (χ0n) is 9.61. The molecular weight excluding hydrogens is 266 g/mol. The number of hydrogen-bond donors (Lipinski definition) is 0. The van der Waals surface area contributed by atoms with E-state index in [4.69, 9.17) is 0 Å². The molecule has 0 bridgehead atoms. The zero-order chi connectivity index (χ0) is 11.8. The highest BCUT2D eigenvalue weighted by atomic mass is 79.9. The van der Waals surface area contributed by atoms with Crippen molar-refractivity contribution in [2.75, 3.05) is 0 Å². The van der Waals surface area contributed by atoms with Crippen molar-refractivity contribution >= 4 is 15.9 Å². The summed E-state index contributed by atoms with van der Waals surface area (Å²) in [6, 6.07) is 4.11. The van der Waals surface area contributed by atoms with Crippen LogP contribution in [0.4, 0.5) is 0 Å². The van der Waals surface area contributed by atoms with Crippen LogP contribution in [0.25, 0.3) is 5.82 Å². The number of hydrogen-bond acceptors (Lipinski definition) is 2. The summed E-state index contributed by atoms with van der Waals surface area (Å²) in [6.07, 6.45) is 5.48. The van der Waals surface area contributed by atoms with Gasteiger partial charge in [0.1, 0.15) is 0 Å². The maximum atomic E-state index is 4.32. The molecule has 0 amide bonds. The van der Waals surface area contributed by atoms with Gasteiger partial charge in [0.2, 0.25) is 0 Å². The van der Waals surface area contributed by atoms with Crippen LogP contribution in [0.15, 0.2) is 35.2 Å². The van der Waals surface area contributed by atoms with Crippen LogP contribution in [0.5, 0.6) is 0 Å². The summed E-state index contributed by atoms with van der Waals surface area (Å²) in [5.74, 6) is 0.845. The first-order chi connectivity index (χ1) is 7.47. The van der Waals surface area contributed by atoms with Crippen molar-refractivity contribution in [1.82, 2.24) is 14.8 Å². The first-order valence-electron chi connectivity index (χ1n) is 5.14. The number of halogens is 1. The predicted molar refractivity (Wildman–Crippen MR) is 67.8 cm³/mol. The van der Waals surface area contributed by atoms with Gasteiger partial charge in [0, 0.05) is 12.4 Å². The van der Waals surface area contributed by atoms with Gasteiger partial charge in [-0.3, -0.25) is 0 Å². The highest BCUT2D eigenvalue weighted by Gasteiger charge is 2.14. The Hall–Kier alpha value is -1.16. The maximum Gasteiger partial charge on any atom is 0.153 e. The Morgan fingerprint density at radius 3 is 2.62 bits per heavy atom. The molecule has 2 heterocycles. The van der Waals surface area contributed by atoms with Gasteiger partial charge in [-0.15, -0.1) is 0 Å². The van der Waals surface area contributed by atoms with Gasteiger partial charge < -0.3 is 0 Å². The van der Waals surface area contributed by atoms with Gasteiger partial charge in [0.15, 0.2) is 5.82 Å². The van der Waals surface area contributed by atoms with Crippen LogP contribution < -0.4 is 0 Å². The van der Waals surface area contributed by atoms with Gasteiger partial charge in [-0.25, -0.2) is 9.67 Å². The van der Waals surface area contributed by atoms with Crippen LogP contribution in [0, 0.1) is 0 Å². The van der Waals surface area contributed by atoms with Crippen molar-refractivity contribution in [3.63, 3.8) is 0 Å². The van der Waals surface area contributed by atoms with Gasteiger partial charge in [-0.05, 0) is 39.0 Å². The Morgan fingerprint density at radius 2 is 2.06 bits per heavy atom. The van der Waals surface area contributed by atoms with Crippen molar-refractivity contribution in [2.24, 2.45) is 0 Å². The quantitative estimate of drug-likeness (QED) is 0.802. The van der Waals surface area contributed by atoms with Crippen molar-refractivity contribution in [2.45, 2.75) is 26.2 Å². The minimum Gasteiger partial charge on any atom is -0.237 e. The fourth-order valence-corrected chi connectivity index (χ4v) is 1.72. The molecule has 2 aromatic rings. The second-order valence-electron chi connectivity index (χ2n) is 4.76. The van der Waals surface area contributed by atoms with E-state index in [-0.39, 0.29) is 5.41 Å². The topological polar surface area (TPSA) is 30.7 Å². The molecule has 0 aliphatic carbocycles. The highest BCUT2D eigenvalue weighted by molar-refractivity contribution is 9.10. The Kier molecular flexibility index (Phi) is 2.84. The fourth-order valence-electron chi connectivity index (χ4n) is 1.44. The lowest BCUT2D eigenvalue weighted by Gasteiger charge is -2.19. The summed E-state index contributed by atoms with van der Waals surface area (Å²) >= 11 is 3.38. The van der Waals surface area contributed by atoms with Gasteiger partial charge in [0.25, 0.3) is 0 Å². The van der Waals surface area contributed by atoms with E-state index >= 15 is 0 Å². The minimum atomic E-state index is 0.127. The molecule has 3 nitrogen and oxygen atoms in total. The monoisotopic (exact) mass is 279 g/mol. The third-order valence-corrected chi connectivity index (χ3v) is 2.81. The first kappa shape index (κ1) is 11.3. The largest absolute Gasteiger partial charge is 0.237 e. The average Bonchev–Trinajstić information content (AvgIpc) is 2.64. The molecule has 0 N–H and O–H groups in total. The normalized spacial score (nSPS) is 11.8. The molecule has 2 rings (SSSR count). The molecule has 84 valence electrons. The van der Waals surface area contributed by atoms with Crippen molar-refractivity contribution < 1.29 is 0 Å². The van der Waals surface area contributed by atoms with Crippen LogP contribution in [0.3, 0.4) is 0 Å². The zero-order valence-corrected chi connectivity index (χ0v) is 11.2. The standard InChI is InChI=1S/C12H14BrN3/c1-12(2,3)9-4-5-14-11(6-9)16-8-10(13)7-15-16/h4-8H,1-3H3. The smallest absolute Gasteiger partial charge is 0.153 e. The van der Waals surface area contributed by atoms with E-state index < -0.39 is 0 Å². The molecule has 0 atom stereocenters. The Balaban J connectivity index is 2.44. The molecule has 0 aliphatic heterocycles. The predicted octanol–water partition coefficient (Wildman–Crippen LogP) is 3.33. The lowest BCUT2D eigenvalue weighted by molar-refractivity contribution is 0.588. The molecule has 2 aromatic heterocycles. The molecular formula is C12H14BrN3. The van der Waals surface area contributed by atoms with E-state index in [0.717, 1.165) is 10.3 Å². The van der Waals surface area contributed by atoms with Gasteiger partial charge >= 0.3 is 0 Å². The van der Waals surface area contributed by atoms with E-state index in [1.807, 2.05) is 18.5 Å². The Bertz CT molecular complexity index is 497.